The van der Waals surface area contributed by atoms with E-state index in [1.165, 1.54) is 4.90 Å². The summed E-state index contributed by atoms with van der Waals surface area (Å²) in [7, 11) is 1.65. The second-order valence-corrected chi connectivity index (χ2v) is 7.90. The van der Waals surface area contributed by atoms with Crippen LogP contribution in [0.2, 0.25) is 5.02 Å². The zero-order chi connectivity index (χ0) is 18.9. The summed E-state index contributed by atoms with van der Waals surface area (Å²) in [6, 6.07) is 6.79. The van der Waals surface area contributed by atoms with Crippen molar-refractivity contribution in [3.63, 3.8) is 0 Å². The summed E-state index contributed by atoms with van der Waals surface area (Å²) in [5, 5.41) is 3.44. The number of hydrogen-bond acceptors (Lipinski definition) is 3. The van der Waals surface area contributed by atoms with Crippen LogP contribution in [0.3, 0.4) is 0 Å². The lowest BCUT2D eigenvalue weighted by molar-refractivity contribution is -0.139. The maximum absolute atomic E-state index is 12.8. The Hall–Kier alpha value is -2.08. The second kappa shape index (κ2) is 7.27. The van der Waals surface area contributed by atoms with Crippen LogP contribution >= 0.6 is 11.6 Å². The van der Waals surface area contributed by atoms with Crippen LogP contribution in [0.25, 0.3) is 0 Å². The van der Waals surface area contributed by atoms with Gasteiger partial charge >= 0.3 is 6.03 Å². The summed E-state index contributed by atoms with van der Waals surface area (Å²) in [6.07, 6.45) is 3.09. The molecule has 7 heteroatoms. The fourth-order valence-electron chi connectivity index (χ4n) is 3.67. The molecular weight excluding hydrogens is 354 g/mol. The zero-order valence-electron chi connectivity index (χ0n) is 15.1. The van der Waals surface area contributed by atoms with E-state index in [1.807, 2.05) is 12.1 Å². The van der Waals surface area contributed by atoms with Gasteiger partial charge in [-0.15, -0.1) is 0 Å². The fourth-order valence-corrected chi connectivity index (χ4v) is 3.88. The van der Waals surface area contributed by atoms with E-state index in [9.17, 15) is 14.4 Å². The number of hydrogen-bond donors (Lipinski definition) is 1. The predicted molar refractivity (Wildman–Crippen MR) is 98.5 cm³/mol. The highest BCUT2D eigenvalue weighted by Gasteiger charge is 2.52. The Labute approximate surface area is 158 Å². The molecule has 4 amide bonds. The Morgan fingerprint density at radius 2 is 2.04 bits per heavy atom. The Balaban J connectivity index is 1.63. The molecule has 0 atom stereocenters. The first-order valence-electron chi connectivity index (χ1n) is 8.93. The standard InChI is InChI=1S/C19H24ClN3O3/c1-13-6-8-19(9-7-13)17(25)23(18(26)21-19)12-16(24)22(2)11-14-4-3-5-15(20)10-14/h3-5,10,13H,6-9,11-12H2,1-2H3,(H,21,26). The average Bonchev–Trinajstić information content (AvgIpc) is 2.82. The third-order valence-electron chi connectivity index (χ3n) is 5.40. The molecule has 0 bridgehead atoms. The summed E-state index contributed by atoms with van der Waals surface area (Å²) in [5.74, 6) is 0.0125. The lowest BCUT2D eigenvalue weighted by Gasteiger charge is -2.33. The quantitative estimate of drug-likeness (QED) is 0.820. The van der Waals surface area contributed by atoms with Gasteiger partial charge in [0.15, 0.2) is 0 Å². The Kier molecular flexibility index (Phi) is 5.23. The molecule has 140 valence electrons. The molecule has 1 saturated carbocycles. The fraction of sp³-hybridized carbons (Fsp3) is 0.526. The highest BCUT2D eigenvalue weighted by molar-refractivity contribution is 6.30. The molecule has 1 aromatic carbocycles. The van der Waals surface area contributed by atoms with Gasteiger partial charge in [0.2, 0.25) is 5.91 Å². The van der Waals surface area contributed by atoms with E-state index in [0.717, 1.165) is 23.3 Å². The normalized spacial score (nSPS) is 25.5. The van der Waals surface area contributed by atoms with Gasteiger partial charge in [-0.1, -0.05) is 30.7 Å². The maximum atomic E-state index is 12.8. The van der Waals surface area contributed by atoms with Gasteiger partial charge in [0.1, 0.15) is 12.1 Å². The number of urea groups is 1. The Bertz CT molecular complexity index is 728. The topological polar surface area (TPSA) is 69.7 Å². The van der Waals surface area contributed by atoms with E-state index < -0.39 is 11.6 Å². The molecular formula is C19H24ClN3O3. The highest BCUT2D eigenvalue weighted by Crippen LogP contribution is 2.36. The highest BCUT2D eigenvalue weighted by atomic mass is 35.5. The van der Waals surface area contributed by atoms with E-state index >= 15 is 0 Å². The number of benzene rings is 1. The molecule has 1 spiro atoms. The van der Waals surface area contributed by atoms with Crippen LogP contribution in [0.1, 0.15) is 38.2 Å². The molecule has 0 unspecified atom stereocenters. The molecule has 2 fully saturated rings. The van der Waals surface area contributed by atoms with Gasteiger partial charge in [0.25, 0.3) is 5.91 Å². The van der Waals surface area contributed by atoms with Crippen LogP contribution in [-0.2, 0) is 16.1 Å². The lowest BCUT2D eigenvalue weighted by Crippen LogP contribution is -2.50. The van der Waals surface area contributed by atoms with Gasteiger partial charge in [-0.3, -0.25) is 14.5 Å². The molecule has 26 heavy (non-hydrogen) atoms. The molecule has 2 aliphatic rings. The molecule has 1 aromatic rings. The van der Waals surface area contributed by atoms with Crippen molar-refractivity contribution in [1.29, 1.82) is 0 Å². The summed E-state index contributed by atoms with van der Waals surface area (Å²) in [4.78, 5) is 40.2. The third kappa shape index (κ3) is 3.70. The first-order chi connectivity index (χ1) is 12.3. The molecule has 1 aliphatic heterocycles. The molecule has 6 nitrogen and oxygen atoms in total. The number of nitrogens with zero attached hydrogens (tertiary/aromatic N) is 2. The summed E-state index contributed by atoms with van der Waals surface area (Å²) >= 11 is 5.97. The first-order valence-corrected chi connectivity index (χ1v) is 9.31. The molecule has 1 N–H and O–H groups in total. The van der Waals surface area contributed by atoms with Crippen molar-refractivity contribution in [2.75, 3.05) is 13.6 Å². The predicted octanol–water partition coefficient (Wildman–Crippen LogP) is 2.80. The lowest BCUT2D eigenvalue weighted by atomic mass is 9.77. The van der Waals surface area contributed by atoms with Crippen LogP contribution in [0.15, 0.2) is 24.3 Å². The smallest absolute Gasteiger partial charge is 0.325 e. The van der Waals surface area contributed by atoms with Gasteiger partial charge in [-0.05, 0) is 49.3 Å². The van der Waals surface area contributed by atoms with Gasteiger partial charge in [-0.25, -0.2) is 4.79 Å². The summed E-state index contributed by atoms with van der Waals surface area (Å²) in [5.41, 5.74) is 0.0818. The third-order valence-corrected chi connectivity index (χ3v) is 5.64. The molecule has 1 aliphatic carbocycles. The van der Waals surface area contributed by atoms with Crippen molar-refractivity contribution in [3.8, 4) is 0 Å². The number of likely N-dealkylation sites (N-methyl/N-ethyl adjacent to an activating group) is 1. The summed E-state index contributed by atoms with van der Waals surface area (Å²) < 4.78 is 0. The van der Waals surface area contributed by atoms with Crippen molar-refractivity contribution in [1.82, 2.24) is 15.1 Å². The number of carbonyl (C=O) groups excluding carboxylic acids is 3. The second-order valence-electron chi connectivity index (χ2n) is 7.47. The Morgan fingerprint density at radius 1 is 1.35 bits per heavy atom. The SMILES string of the molecule is CC1CCC2(CC1)NC(=O)N(CC(=O)N(C)Cc1cccc(Cl)c1)C2=O. The minimum atomic E-state index is -0.810. The monoisotopic (exact) mass is 377 g/mol. The van der Waals surface area contributed by atoms with Crippen molar-refractivity contribution in [3.05, 3.63) is 34.9 Å². The first kappa shape index (κ1) is 18.7. The number of amides is 4. The van der Waals surface area contributed by atoms with Crippen LogP contribution in [0, 0.1) is 5.92 Å². The number of carbonyl (C=O) groups is 3. The molecule has 0 radical (unpaired) electrons. The van der Waals surface area contributed by atoms with Gasteiger partial charge < -0.3 is 10.2 Å². The van der Waals surface area contributed by atoms with E-state index in [-0.39, 0.29) is 18.4 Å². The number of rotatable bonds is 4. The van der Waals surface area contributed by atoms with Crippen molar-refractivity contribution in [2.45, 2.75) is 44.7 Å². The maximum Gasteiger partial charge on any atom is 0.325 e. The van der Waals surface area contributed by atoms with Gasteiger partial charge in [0, 0.05) is 18.6 Å². The van der Waals surface area contributed by atoms with E-state index in [1.54, 1.807) is 19.2 Å². The van der Waals surface area contributed by atoms with Gasteiger partial charge in [-0.2, -0.15) is 0 Å². The van der Waals surface area contributed by atoms with E-state index in [0.29, 0.717) is 30.3 Å². The largest absolute Gasteiger partial charge is 0.340 e. The van der Waals surface area contributed by atoms with Crippen molar-refractivity contribution >= 4 is 29.4 Å². The van der Waals surface area contributed by atoms with Crippen molar-refractivity contribution in [2.24, 2.45) is 5.92 Å². The minimum Gasteiger partial charge on any atom is -0.340 e. The Morgan fingerprint density at radius 3 is 2.69 bits per heavy atom. The van der Waals surface area contributed by atoms with Gasteiger partial charge in [0.05, 0.1) is 0 Å². The van der Waals surface area contributed by atoms with E-state index in [2.05, 4.69) is 12.2 Å². The van der Waals surface area contributed by atoms with Crippen LogP contribution in [-0.4, -0.2) is 46.8 Å². The molecule has 1 heterocycles. The van der Waals surface area contributed by atoms with Crippen LogP contribution in [0.5, 0.6) is 0 Å². The van der Waals surface area contributed by atoms with Crippen LogP contribution < -0.4 is 5.32 Å². The number of nitrogens with one attached hydrogen (secondary N) is 1. The summed E-state index contributed by atoms with van der Waals surface area (Å²) in [6.45, 7) is 2.28. The zero-order valence-corrected chi connectivity index (χ0v) is 15.9. The van der Waals surface area contributed by atoms with Crippen molar-refractivity contribution < 1.29 is 14.4 Å². The van der Waals surface area contributed by atoms with Crippen LogP contribution in [0.4, 0.5) is 4.79 Å². The minimum absolute atomic E-state index is 0.237. The molecule has 1 saturated heterocycles. The molecule has 3 rings (SSSR count). The number of halogens is 1. The number of imide groups is 1. The van der Waals surface area contributed by atoms with E-state index in [4.69, 9.17) is 11.6 Å². The average molecular weight is 378 g/mol. The molecule has 0 aromatic heterocycles.